The molecule has 2 aromatic carbocycles. The summed E-state index contributed by atoms with van der Waals surface area (Å²) in [6.45, 7) is 0. The molecule has 1 atom stereocenters. The number of benzene rings is 2. The van der Waals surface area contributed by atoms with Gasteiger partial charge in [-0.25, -0.2) is 4.79 Å². The summed E-state index contributed by atoms with van der Waals surface area (Å²) >= 11 is 0. The fourth-order valence-electron chi connectivity index (χ4n) is 2.17. The number of nitro benzene ring substituents is 1. The zero-order chi connectivity index (χ0) is 17.5. The maximum atomic E-state index is 12.2. The first-order valence-corrected chi connectivity index (χ1v) is 7.16. The molecule has 1 unspecified atom stereocenters. The maximum Gasteiger partial charge on any atom is 0.333 e. The van der Waals surface area contributed by atoms with E-state index in [4.69, 9.17) is 4.74 Å². The minimum Gasteiger partial charge on any atom is -0.467 e. The van der Waals surface area contributed by atoms with Gasteiger partial charge in [0.15, 0.2) is 6.04 Å². The van der Waals surface area contributed by atoms with Gasteiger partial charge in [-0.2, -0.15) is 0 Å². The Bertz CT molecular complexity index is 728. The lowest BCUT2D eigenvalue weighted by atomic mass is 10.1. The first-order chi connectivity index (χ1) is 11.5. The molecule has 7 heteroatoms. The fraction of sp³-hybridized carbons (Fsp3) is 0.176. The molecule has 0 aliphatic rings. The zero-order valence-electron chi connectivity index (χ0n) is 13.0. The molecule has 0 saturated carbocycles. The topological polar surface area (TPSA) is 98.5 Å². The summed E-state index contributed by atoms with van der Waals surface area (Å²) in [5.74, 6) is -0.957. The number of hydrogen-bond acceptors (Lipinski definition) is 5. The number of nitrogens with one attached hydrogen (secondary N) is 1. The minimum atomic E-state index is -0.901. The Morgan fingerprint density at radius 1 is 1.12 bits per heavy atom. The van der Waals surface area contributed by atoms with Gasteiger partial charge in [0.25, 0.3) is 5.69 Å². The minimum absolute atomic E-state index is 0.00166. The van der Waals surface area contributed by atoms with Crippen LogP contribution in [0.5, 0.6) is 0 Å². The molecule has 0 aliphatic heterocycles. The highest BCUT2D eigenvalue weighted by Gasteiger charge is 2.23. The molecule has 24 heavy (non-hydrogen) atoms. The van der Waals surface area contributed by atoms with Gasteiger partial charge in [0.05, 0.1) is 18.5 Å². The molecule has 124 valence electrons. The summed E-state index contributed by atoms with van der Waals surface area (Å²) in [5, 5.41) is 13.2. The summed E-state index contributed by atoms with van der Waals surface area (Å²) in [5.41, 5.74) is 1.17. The standard InChI is InChI=1S/C17H16N2O5/c1-24-17(21)16(13-5-3-2-4-6-13)18-15(20)11-12-7-9-14(10-8-12)19(22)23/h2-10,16H,11H2,1H3,(H,18,20). The van der Waals surface area contributed by atoms with Crippen molar-refractivity contribution >= 4 is 17.6 Å². The molecule has 7 nitrogen and oxygen atoms in total. The van der Waals surface area contributed by atoms with Crippen LogP contribution in [0.15, 0.2) is 54.6 Å². The van der Waals surface area contributed by atoms with Crippen LogP contribution in [0, 0.1) is 10.1 Å². The lowest BCUT2D eigenvalue weighted by Crippen LogP contribution is -2.35. The molecule has 0 spiro atoms. The van der Waals surface area contributed by atoms with Gasteiger partial charge in [-0.05, 0) is 11.1 Å². The van der Waals surface area contributed by atoms with Gasteiger partial charge in [0, 0.05) is 12.1 Å². The van der Waals surface area contributed by atoms with Crippen molar-refractivity contribution in [2.24, 2.45) is 0 Å². The van der Waals surface area contributed by atoms with Crippen LogP contribution in [0.4, 0.5) is 5.69 Å². The normalized spacial score (nSPS) is 11.4. The third kappa shape index (κ3) is 4.39. The van der Waals surface area contributed by atoms with Crippen molar-refractivity contribution in [1.82, 2.24) is 5.32 Å². The summed E-state index contributed by atoms with van der Waals surface area (Å²) in [7, 11) is 1.25. The number of rotatable bonds is 6. The molecule has 0 bridgehead atoms. The van der Waals surface area contributed by atoms with Crippen LogP contribution in [0.3, 0.4) is 0 Å². The number of hydrogen-bond donors (Lipinski definition) is 1. The monoisotopic (exact) mass is 328 g/mol. The second-order valence-electron chi connectivity index (χ2n) is 5.03. The van der Waals surface area contributed by atoms with E-state index < -0.39 is 16.9 Å². The number of nitro groups is 1. The van der Waals surface area contributed by atoms with E-state index in [1.807, 2.05) is 0 Å². The SMILES string of the molecule is COC(=O)C(NC(=O)Cc1ccc([N+](=O)[O-])cc1)c1ccccc1. The van der Waals surface area contributed by atoms with Gasteiger partial charge in [-0.15, -0.1) is 0 Å². The van der Waals surface area contributed by atoms with Gasteiger partial charge < -0.3 is 10.1 Å². The lowest BCUT2D eigenvalue weighted by molar-refractivity contribution is -0.384. The summed E-state index contributed by atoms with van der Waals surface area (Å²) in [6, 6.07) is 13.5. The van der Waals surface area contributed by atoms with Crippen LogP contribution >= 0.6 is 0 Å². The van der Waals surface area contributed by atoms with Crippen molar-refractivity contribution in [1.29, 1.82) is 0 Å². The van der Waals surface area contributed by atoms with Crippen LogP contribution in [0.1, 0.15) is 17.2 Å². The molecular weight excluding hydrogens is 312 g/mol. The summed E-state index contributed by atoms with van der Waals surface area (Å²) < 4.78 is 4.73. The van der Waals surface area contributed by atoms with E-state index in [9.17, 15) is 19.7 Å². The van der Waals surface area contributed by atoms with Crippen molar-refractivity contribution in [2.45, 2.75) is 12.5 Å². The second-order valence-corrected chi connectivity index (χ2v) is 5.03. The van der Waals surface area contributed by atoms with Crippen LogP contribution in [-0.2, 0) is 20.7 Å². The van der Waals surface area contributed by atoms with Gasteiger partial charge in [0.1, 0.15) is 0 Å². The Morgan fingerprint density at radius 3 is 2.29 bits per heavy atom. The van der Waals surface area contributed by atoms with Crippen molar-refractivity contribution in [2.75, 3.05) is 7.11 Å². The molecule has 0 aromatic heterocycles. The lowest BCUT2D eigenvalue weighted by Gasteiger charge is -2.16. The third-order valence-electron chi connectivity index (χ3n) is 3.39. The smallest absolute Gasteiger partial charge is 0.333 e. The van der Waals surface area contributed by atoms with Crippen molar-refractivity contribution < 1.29 is 19.2 Å². The number of esters is 1. The average Bonchev–Trinajstić information content (AvgIpc) is 2.60. The highest BCUT2D eigenvalue weighted by molar-refractivity contribution is 5.86. The molecule has 0 heterocycles. The molecule has 0 radical (unpaired) electrons. The first kappa shape index (κ1) is 17.1. The Hall–Kier alpha value is -3.22. The molecule has 0 aliphatic carbocycles. The number of ether oxygens (including phenoxy) is 1. The average molecular weight is 328 g/mol. The Morgan fingerprint density at radius 2 is 1.75 bits per heavy atom. The van der Waals surface area contributed by atoms with Crippen molar-refractivity contribution in [3.8, 4) is 0 Å². The highest BCUT2D eigenvalue weighted by atomic mass is 16.6. The molecule has 2 aromatic rings. The molecular formula is C17H16N2O5. The second kappa shape index (κ2) is 7.87. The maximum absolute atomic E-state index is 12.2. The van der Waals surface area contributed by atoms with E-state index in [0.29, 0.717) is 11.1 Å². The van der Waals surface area contributed by atoms with E-state index in [-0.39, 0.29) is 18.0 Å². The molecule has 0 saturated heterocycles. The molecule has 2 rings (SSSR count). The largest absolute Gasteiger partial charge is 0.467 e. The number of non-ortho nitro benzene ring substituents is 1. The Labute approximate surface area is 138 Å². The third-order valence-corrected chi connectivity index (χ3v) is 3.39. The van der Waals surface area contributed by atoms with Crippen LogP contribution in [-0.4, -0.2) is 23.9 Å². The predicted molar refractivity (Wildman–Crippen MR) is 86.1 cm³/mol. The van der Waals surface area contributed by atoms with Crippen LogP contribution in [0.2, 0.25) is 0 Å². The summed E-state index contributed by atoms with van der Waals surface area (Å²) in [6.07, 6.45) is -0.00166. The highest BCUT2D eigenvalue weighted by Crippen LogP contribution is 2.16. The van der Waals surface area contributed by atoms with Gasteiger partial charge in [-0.3, -0.25) is 14.9 Å². The Kier molecular flexibility index (Phi) is 5.62. The zero-order valence-corrected chi connectivity index (χ0v) is 13.0. The van der Waals surface area contributed by atoms with Crippen LogP contribution in [0.25, 0.3) is 0 Å². The number of nitrogens with zero attached hydrogens (tertiary/aromatic N) is 1. The van der Waals surface area contributed by atoms with E-state index in [1.54, 1.807) is 30.3 Å². The van der Waals surface area contributed by atoms with Crippen molar-refractivity contribution in [3.05, 3.63) is 75.8 Å². The number of carbonyl (C=O) groups is 2. The predicted octanol–water partition coefficient (Wildman–Crippen LogP) is 2.17. The van der Waals surface area contributed by atoms with Gasteiger partial charge >= 0.3 is 5.97 Å². The summed E-state index contributed by atoms with van der Waals surface area (Å²) in [4.78, 5) is 34.2. The van der Waals surface area contributed by atoms with Gasteiger partial charge in [-0.1, -0.05) is 42.5 Å². The van der Waals surface area contributed by atoms with Crippen LogP contribution < -0.4 is 5.32 Å². The number of amides is 1. The van der Waals surface area contributed by atoms with E-state index >= 15 is 0 Å². The molecule has 1 amide bonds. The van der Waals surface area contributed by atoms with Gasteiger partial charge in [0.2, 0.25) is 5.91 Å². The van der Waals surface area contributed by atoms with E-state index in [0.717, 1.165) is 0 Å². The fourth-order valence-corrected chi connectivity index (χ4v) is 2.17. The van der Waals surface area contributed by atoms with E-state index in [1.165, 1.54) is 31.4 Å². The van der Waals surface area contributed by atoms with Crippen molar-refractivity contribution in [3.63, 3.8) is 0 Å². The molecule has 1 N–H and O–H groups in total. The Balaban J connectivity index is 2.07. The molecule has 0 fully saturated rings. The number of methoxy groups -OCH3 is 1. The quantitative estimate of drug-likeness (QED) is 0.498. The van der Waals surface area contributed by atoms with E-state index in [2.05, 4.69) is 5.32 Å². The number of carbonyl (C=O) groups excluding carboxylic acids is 2. The first-order valence-electron chi connectivity index (χ1n) is 7.16.